The molecule has 1 aromatic heterocycles. The van der Waals surface area contributed by atoms with Crippen LogP contribution in [0.5, 0.6) is 5.75 Å². The van der Waals surface area contributed by atoms with Gasteiger partial charge in [-0.25, -0.2) is 4.79 Å². The van der Waals surface area contributed by atoms with Crippen molar-refractivity contribution in [2.45, 2.75) is 58.8 Å². The van der Waals surface area contributed by atoms with Gasteiger partial charge in [-0.3, -0.25) is 4.79 Å². The van der Waals surface area contributed by atoms with Gasteiger partial charge in [0.2, 0.25) is 0 Å². The van der Waals surface area contributed by atoms with E-state index in [0.29, 0.717) is 12.0 Å². The maximum absolute atomic E-state index is 13.9. The molecule has 0 fully saturated rings. The van der Waals surface area contributed by atoms with Gasteiger partial charge >= 0.3 is 23.9 Å². The minimum atomic E-state index is -4.71. The van der Waals surface area contributed by atoms with Crippen molar-refractivity contribution >= 4 is 16.9 Å². The summed E-state index contributed by atoms with van der Waals surface area (Å²) in [7, 11) is 0. The van der Waals surface area contributed by atoms with Gasteiger partial charge < -0.3 is 13.9 Å². The average molecular weight is 573 g/mol. The summed E-state index contributed by atoms with van der Waals surface area (Å²) < 4.78 is 97.1. The maximum atomic E-state index is 13.9. The highest BCUT2D eigenvalue weighted by Crippen LogP contribution is 2.38. The Balaban J connectivity index is 1.87. The summed E-state index contributed by atoms with van der Waals surface area (Å²) in [6.07, 6.45) is -6.41. The standard InChI is InChI=1S/C29H30F6O5/c1-4-5-6-7-18-8-11-22(24(12-18)29(33,34)35)23-13-19-9-10-21(14-25(19)40-27(23)37)38-15-20(28(30,31)32)16-39-26(36)17(2)3/h8-14,17,20H,4-7,15-16H2,1-3H3. The largest absolute Gasteiger partial charge is 0.493 e. The van der Waals surface area contributed by atoms with Gasteiger partial charge in [0, 0.05) is 17.0 Å². The number of rotatable bonds is 11. The van der Waals surface area contributed by atoms with Gasteiger partial charge in [0.15, 0.2) is 0 Å². The molecule has 0 N–H and O–H groups in total. The van der Waals surface area contributed by atoms with Crippen LogP contribution in [0.4, 0.5) is 26.3 Å². The normalized spacial score (nSPS) is 13.1. The van der Waals surface area contributed by atoms with Crippen LogP contribution in [0.25, 0.3) is 22.1 Å². The van der Waals surface area contributed by atoms with Gasteiger partial charge in [-0.15, -0.1) is 0 Å². The molecule has 218 valence electrons. The lowest BCUT2D eigenvalue weighted by atomic mass is 9.95. The molecule has 0 aliphatic carbocycles. The molecule has 40 heavy (non-hydrogen) atoms. The number of carbonyl (C=O) groups is 1. The highest BCUT2D eigenvalue weighted by atomic mass is 19.4. The van der Waals surface area contributed by atoms with Crippen molar-refractivity contribution in [3.8, 4) is 16.9 Å². The molecule has 1 atom stereocenters. The number of benzene rings is 2. The minimum Gasteiger partial charge on any atom is -0.493 e. The second-order valence-corrected chi connectivity index (χ2v) is 9.82. The Kier molecular flexibility index (Phi) is 9.92. The molecule has 5 nitrogen and oxygen atoms in total. The number of alkyl halides is 6. The lowest BCUT2D eigenvalue weighted by molar-refractivity contribution is -0.197. The molecule has 0 bridgehead atoms. The van der Waals surface area contributed by atoms with Crippen molar-refractivity contribution in [3.05, 3.63) is 64.0 Å². The fourth-order valence-corrected chi connectivity index (χ4v) is 3.95. The number of hydrogen-bond donors (Lipinski definition) is 0. The first kappa shape index (κ1) is 31.0. The molecule has 0 saturated carbocycles. The highest BCUT2D eigenvalue weighted by molar-refractivity contribution is 5.83. The highest BCUT2D eigenvalue weighted by Gasteiger charge is 2.41. The van der Waals surface area contributed by atoms with Gasteiger partial charge in [0.25, 0.3) is 0 Å². The second-order valence-electron chi connectivity index (χ2n) is 9.82. The zero-order chi connectivity index (χ0) is 29.7. The molecule has 0 spiro atoms. The summed E-state index contributed by atoms with van der Waals surface area (Å²) in [5.74, 6) is -3.55. The van der Waals surface area contributed by atoms with Gasteiger partial charge in [-0.2, -0.15) is 26.3 Å². The van der Waals surface area contributed by atoms with Crippen LogP contribution in [0, 0.1) is 11.8 Å². The molecule has 11 heteroatoms. The lowest BCUT2D eigenvalue weighted by Gasteiger charge is -2.21. The van der Waals surface area contributed by atoms with Crippen molar-refractivity contribution in [2.75, 3.05) is 13.2 Å². The van der Waals surface area contributed by atoms with Gasteiger partial charge in [0.05, 0.1) is 17.0 Å². The quantitative estimate of drug-likeness (QED) is 0.101. The molecule has 0 radical (unpaired) electrons. The monoisotopic (exact) mass is 572 g/mol. The van der Waals surface area contributed by atoms with E-state index in [1.165, 1.54) is 44.2 Å². The van der Waals surface area contributed by atoms with Gasteiger partial charge in [0.1, 0.15) is 30.5 Å². The molecular formula is C29H30F6O5. The number of hydrogen-bond acceptors (Lipinski definition) is 5. The van der Waals surface area contributed by atoms with E-state index in [4.69, 9.17) is 13.9 Å². The van der Waals surface area contributed by atoms with Crippen LogP contribution in [-0.4, -0.2) is 25.4 Å². The molecule has 1 heterocycles. The summed E-state index contributed by atoms with van der Waals surface area (Å²) in [6.45, 7) is 3.17. The Morgan fingerprint density at radius 3 is 2.27 bits per heavy atom. The Morgan fingerprint density at radius 2 is 1.65 bits per heavy atom. The van der Waals surface area contributed by atoms with E-state index < -0.39 is 54.6 Å². The molecule has 3 aromatic rings. The first-order valence-corrected chi connectivity index (χ1v) is 12.8. The van der Waals surface area contributed by atoms with Crippen molar-refractivity contribution in [3.63, 3.8) is 0 Å². The van der Waals surface area contributed by atoms with Crippen molar-refractivity contribution in [2.24, 2.45) is 11.8 Å². The molecule has 0 amide bonds. The Bertz CT molecular complexity index is 1370. The molecule has 0 aliphatic rings. The summed E-state index contributed by atoms with van der Waals surface area (Å²) >= 11 is 0. The fraction of sp³-hybridized carbons (Fsp3) is 0.448. The average Bonchev–Trinajstić information content (AvgIpc) is 2.86. The molecule has 2 aromatic carbocycles. The Labute approximate surface area is 227 Å². The van der Waals surface area contributed by atoms with Crippen molar-refractivity contribution < 1.29 is 45.0 Å². The van der Waals surface area contributed by atoms with Crippen LogP contribution in [-0.2, 0) is 22.1 Å². The van der Waals surface area contributed by atoms with Crippen LogP contribution in [0.2, 0.25) is 0 Å². The third-order valence-electron chi connectivity index (χ3n) is 6.27. The van der Waals surface area contributed by atoms with Crippen LogP contribution < -0.4 is 10.4 Å². The van der Waals surface area contributed by atoms with E-state index in [2.05, 4.69) is 0 Å². The molecule has 0 aliphatic heterocycles. The summed E-state index contributed by atoms with van der Waals surface area (Å²) in [5.41, 5.74) is -2.19. The first-order valence-electron chi connectivity index (χ1n) is 12.8. The van der Waals surface area contributed by atoms with Gasteiger partial charge in [-0.1, -0.05) is 45.7 Å². The topological polar surface area (TPSA) is 65.7 Å². The van der Waals surface area contributed by atoms with Crippen LogP contribution in [0.3, 0.4) is 0 Å². The number of fused-ring (bicyclic) bond motifs is 1. The smallest absolute Gasteiger partial charge is 0.417 e. The van der Waals surface area contributed by atoms with Crippen LogP contribution >= 0.6 is 0 Å². The summed E-state index contributed by atoms with van der Waals surface area (Å²) in [5, 5.41) is 0.250. The minimum absolute atomic E-state index is 0.0692. The zero-order valence-electron chi connectivity index (χ0n) is 22.2. The van der Waals surface area contributed by atoms with Crippen molar-refractivity contribution in [1.82, 2.24) is 0 Å². The molecule has 1 unspecified atom stereocenters. The zero-order valence-corrected chi connectivity index (χ0v) is 22.2. The van der Waals surface area contributed by atoms with Gasteiger partial charge in [-0.05, 0) is 42.7 Å². The lowest BCUT2D eigenvalue weighted by Crippen LogP contribution is -2.34. The predicted molar refractivity (Wildman–Crippen MR) is 137 cm³/mol. The van der Waals surface area contributed by atoms with E-state index in [1.807, 2.05) is 6.92 Å². The van der Waals surface area contributed by atoms with E-state index in [1.54, 1.807) is 6.07 Å². The first-order chi connectivity index (χ1) is 18.7. The van der Waals surface area contributed by atoms with Crippen LogP contribution in [0.15, 0.2) is 51.7 Å². The summed E-state index contributed by atoms with van der Waals surface area (Å²) in [4.78, 5) is 24.3. The second kappa shape index (κ2) is 12.8. The number of halogens is 6. The number of esters is 1. The number of ether oxygens (including phenoxy) is 2. The molecule has 3 rings (SSSR count). The molecule has 0 saturated heterocycles. The number of aryl methyl sites for hydroxylation is 1. The fourth-order valence-electron chi connectivity index (χ4n) is 3.95. The van der Waals surface area contributed by atoms with E-state index in [0.717, 1.165) is 25.3 Å². The Hall–Kier alpha value is -3.50. The predicted octanol–water partition coefficient (Wildman–Crippen LogP) is 7.97. The maximum Gasteiger partial charge on any atom is 0.417 e. The number of carbonyl (C=O) groups excluding carboxylic acids is 1. The van der Waals surface area contributed by atoms with Crippen molar-refractivity contribution in [1.29, 1.82) is 0 Å². The van der Waals surface area contributed by atoms with E-state index >= 15 is 0 Å². The Morgan fingerprint density at radius 1 is 0.925 bits per heavy atom. The third-order valence-corrected chi connectivity index (χ3v) is 6.27. The van der Waals surface area contributed by atoms with E-state index in [-0.39, 0.29) is 27.8 Å². The number of unbranched alkanes of at least 4 members (excludes halogenated alkanes) is 2. The van der Waals surface area contributed by atoms with Crippen LogP contribution in [0.1, 0.15) is 51.2 Å². The molecular weight excluding hydrogens is 542 g/mol. The third kappa shape index (κ3) is 8.02. The van der Waals surface area contributed by atoms with E-state index in [9.17, 15) is 35.9 Å². The summed E-state index contributed by atoms with van der Waals surface area (Å²) in [6, 6.07) is 8.94. The SMILES string of the molecule is CCCCCc1ccc(-c2cc3ccc(OCC(COC(=O)C(C)C)C(F)(F)F)cc3oc2=O)c(C(F)(F)F)c1.